The Morgan fingerprint density at radius 3 is 2.17 bits per heavy atom. The molecule has 1 aromatic rings. The van der Waals surface area contributed by atoms with E-state index in [0.717, 1.165) is 5.56 Å². The van der Waals surface area contributed by atoms with Crippen molar-refractivity contribution in [3.8, 4) is 0 Å². The van der Waals surface area contributed by atoms with Crippen LogP contribution in [0, 0.1) is 5.41 Å². The van der Waals surface area contributed by atoms with Crippen LogP contribution in [0.25, 0.3) is 0 Å². The van der Waals surface area contributed by atoms with Gasteiger partial charge in [-0.3, -0.25) is 4.79 Å². The van der Waals surface area contributed by atoms with E-state index in [4.69, 9.17) is 5.11 Å². The van der Waals surface area contributed by atoms with Crippen LogP contribution in [0.1, 0.15) is 36.7 Å². The second kappa shape index (κ2) is 5.67. The molecule has 0 spiro atoms. The molecule has 0 aliphatic carbocycles. The molecule has 0 aliphatic rings. The monoisotopic (exact) mass is 249 g/mol. The third kappa shape index (κ3) is 4.99. The number of carboxylic acids is 1. The summed E-state index contributed by atoms with van der Waals surface area (Å²) in [5, 5.41) is 11.6. The molecular formula is C14H19NO3. The van der Waals surface area contributed by atoms with E-state index in [9.17, 15) is 9.59 Å². The Bertz CT molecular complexity index is 429. The van der Waals surface area contributed by atoms with Crippen molar-refractivity contribution in [2.75, 3.05) is 6.54 Å². The van der Waals surface area contributed by atoms with Gasteiger partial charge in [-0.1, -0.05) is 32.9 Å². The lowest BCUT2D eigenvalue weighted by Gasteiger charge is -2.18. The van der Waals surface area contributed by atoms with E-state index in [2.05, 4.69) is 26.1 Å². The normalized spacial score (nSPS) is 11.1. The Labute approximate surface area is 107 Å². The Balaban J connectivity index is 2.52. The quantitative estimate of drug-likeness (QED) is 0.858. The molecule has 0 fully saturated rings. The Morgan fingerprint density at radius 2 is 1.72 bits per heavy atom. The van der Waals surface area contributed by atoms with E-state index in [1.807, 2.05) is 0 Å². The van der Waals surface area contributed by atoms with Gasteiger partial charge >= 0.3 is 5.97 Å². The summed E-state index contributed by atoms with van der Waals surface area (Å²) in [6.45, 7) is 6.78. The number of benzene rings is 1. The number of carbonyl (C=O) groups is 2. The second-order valence-corrected chi connectivity index (χ2v) is 5.52. The fourth-order valence-corrected chi connectivity index (χ4v) is 1.38. The maximum Gasteiger partial charge on any atom is 0.335 e. The standard InChI is InChI=1S/C14H19NO3/c1-14(2,3)9-15-12(16)8-10-4-6-11(7-5-10)13(17)18/h4-7H,8-9H2,1-3H3,(H,15,16)(H,17,18). The van der Waals surface area contributed by atoms with E-state index in [-0.39, 0.29) is 23.3 Å². The molecule has 0 saturated heterocycles. The number of hydrogen-bond donors (Lipinski definition) is 2. The van der Waals surface area contributed by atoms with Gasteiger partial charge in [0.15, 0.2) is 0 Å². The molecule has 0 heterocycles. The topological polar surface area (TPSA) is 66.4 Å². The molecule has 0 atom stereocenters. The van der Waals surface area contributed by atoms with Crippen molar-refractivity contribution >= 4 is 11.9 Å². The Hall–Kier alpha value is -1.84. The summed E-state index contributed by atoms with van der Waals surface area (Å²) in [5.74, 6) is -1.01. The second-order valence-electron chi connectivity index (χ2n) is 5.52. The SMILES string of the molecule is CC(C)(C)CNC(=O)Cc1ccc(C(=O)O)cc1. The van der Waals surface area contributed by atoms with Crippen molar-refractivity contribution in [1.29, 1.82) is 0 Å². The molecule has 0 bridgehead atoms. The lowest BCUT2D eigenvalue weighted by Crippen LogP contribution is -2.33. The van der Waals surface area contributed by atoms with Crippen LogP contribution in [-0.4, -0.2) is 23.5 Å². The van der Waals surface area contributed by atoms with Crippen molar-refractivity contribution in [1.82, 2.24) is 5.32 Å². The first kappa shape index (κ1) is 14.2. The van der Waals surface area contributed by atoms with Crippen molar-refractivity contribution in [3.63, 3.8) is 0 Å². The fraction of sp³-hybridized carbons (Fsp3) is 0.429. The van der Waals surface area contributed by atoms with Crippen LogP contribution in [-0.2, 0) is 11.2 Å². The zero-order chi connectivity index (χ0) is 13.8. The van der Waals surface area contributed by atoms with E-state index in [0.29, 0.717) is 6.54 Å². The first-order valence-corrected chi connectivity index (χ1v) is 5.87. The van der Waals surface area contributed by atoms with Gasteiger partial charge in [-0.15, -0.1) is 0 Å². The van der Waals surface area contributed by atoms with Crippen molar-refractivity contribution in [3.05, 3.63) is 35.4 Å². The molecular weight excluding hydrogens is 230 g/mol. The average molecular weight is 249 g/mol. The molecule has 0 saturated carbocycles. The van der Waals surface area contributed by atoms with Crippen LogP contribution < -0.4 is 5.32 Å². The maximum absolute atomic E-state index is 11.7. The largest absolute Gasteiger partial charge is 0.478 e. The van der Waals surface area contributed by atoms with Gasteiger partial charge in [0.25, 0.3) is 0 Å². The van der Waals surface area contributed by atoms with Gasteiger partial charge in [-0.2, -0.15) is 0 Å². The maximum atomic E-state index is 11.7. The molecule has 18 heavy (non-hydrogen) atoms. The van der Waals surface area contributed by atoms with Crippen LogP contribution in [0.4, 0.5) is 0 Å². The average Bonchev–Trinajstić information content (AvgIpc) is 2.26. The minimum Gasteiger partial charge on any atom is -0.478 e. The molecule has 1 amide bonds. The highest BCUT2D eigenvalue weighted by Crippen LogP contribution is 2.10. The van der Waals surface area contributed by atoms with Gasteiger partial charge in [0.1, 0.15) is 0 Å². The molecule has 4 nitrogen and oxygen atoms in total. The van der Waals surface area contributed by atoms with Gasteiger partial charge in [0, 0.05) is 6.54 Å². The Morgan fingerprint density at radius 1 is 1.17 bits per heavy atom. The molecule has 1 rings (SSSR count). The third-order valence-corrected chi connectivity index (χ3v) is 2.38. The summed E-state index contributed by atoms with van der Waals surface area (Å²) in [4.78, 5) is 22.3. The smallest absolute Gasteiger partial charge is 0.335 e. The zero-order valence-corrected chi connectivity index (χ0v) is 11.0. The summed E-state index contributed by atoms with van der Waals surface area (Å²) >= 11 is 0. The number of carbonyl (C=O) groups excluding carboxylic acids is 1. The van der Waals surface area contributed by atoms with E-state index in [1.54, 1.807) is 12.1 Å². The predicted molar refractivity (Wildman–Crippen MR) is 69.6 cm³/mol. The molecule has 1 aromatic carbocycles. The summed E-state index contributed by atoms with van der Waals surface area (Å²) < 4.78 is 0. The summed E-state index contributed by atoms with van der Waals surface area (Å²) in [6, 6.07) is 6.35. The number of amides is 1. The lowest BCUT2D eigenvalue weighted by molar-refractivity contribution is -0.120. The van der Waals surface area contributed by atoms with Crippen LogP contribution in [0.5, 0.6) is 0 Å². The number of carboxylic acid groups (broad SMARTS) is 1. The van der Waals surface area contributed by atoms with Crippen molar-refractivity contribution in [2.24, 2.45) is 5.41 Å². The van der Waals surface area contributed by atoms with Crippen molar-refractivity contribution < 1.29 is 14.7 Å². The summed E-state index contributed by atoms with van der Waals surface area (Å²) in [7, 11) is 0. The zero-order valence-electron chi connectivity index (χ0n) is 11.0. The number of aromatic carboxylic acids is 1. The third-order valence-electron chi connectivity index (χ3n) is 2.38. The molecule has 98 valence electrons. The molecule has 0 aromatic heterocycles. The van der Waals surface area contributed by atoms with Crippen LogP contribution >= 0.6 is 0 Å². The molecule has 2 N–H and O–H groups in total. The minimum atomic E-state index is -0.960. The Kier molecular flexibility index (Phi) is 4.48. The van der Waals surface area contributed by atoms with Gasteiger partial charge in [-0.05, 0) is 23.1 Å². The molecule has 0 aliphatic heterocycles. The van der Waals surface area contributed by atoms with Crippen LogP contribution in [0.15, 0.2) is 24.3 Å². The molecule has 0 radical (unpaired) electrons. The summed E-state index contributed by atoms with van der Waals surface area (Å²) in [5.41, 5.74) is 1.10. The van der Waals surface area contributed by atoms with Crippen LogP contribution in [0.3, 0.4) is 0 Å². The highest BCUT2D eigenvalue weighted by atomic mass is 16.4. The molecule has 4 heteroatoms. The van der Waals surface area contributed by atoms with E-state index < -0.39 is 5.97 Å². The van der Waals surface area contributed by atoms with E-state index in [1.165, 1.54) is 12.1 Å². The number of nitrogens with one attached hydrogen (secondary N) is 1. The van der Waals surface area contributed by atoms with Crippen LogP contribution in [0.2, 0.25) is 0 Å². The summed E-state index contributed by atoms with van der Waals surface area (Å²) in [6.07, 6.45) is 0.274. The number of hydrogen-bond acceptors (Lipinski definition) is 2. The molecule has 0 unspecified atom stereocenters. The fourth-order valence-electron chi connectivity index (χ4n) is 1.38. The predicted octanol–water partition coefficient (Wildman–Crippen LogP) is 2.09. The first-order valence-electron chi connectivity index (χ1n) is 5.87. The van der Waals surface area contributed by atoms with Crippen molar-refractivity contribution in [2.45, 2.75) is 27.2 Å². The number of rotatable bonds is 4. The minimum absolute atomic E-state index is 0.0481. The first-order chi connectivity index (χ1) is 8.28. The van der Waals surface area contributed by atoms with Gasteiger partial charge in [-0.25, -0.2) is 4.79 Å². The van der Waals surface area contributed by atoms with Gasteiger partial charge < -0.3 is 10.4 Å². The highest BCUT2D eigenvalue weighted by molar-refractivity contribution is 5.87. The van der Waals surface area contributed by atoms with E-state index >= 15 is 0 Å². The van der Waals surface area contributed by atoms with Gasteiger partial charge in [0.05, 0.1) is 12.0 Å². The van der Waals surface area contributed by atoms with Gasteiger partial charge in [0.2, 0.25) is 5.91 Å². The lowest BCUT2D eigenvalue weighted by atomic mass is 9.97. The highest BCUT2D eigenvalue weighted by Gasteiger charge is 2.12.